The predicted molar refractivity (Wildman–Crippen MR) is 105 cm³/mol. The smallest absolute Gasteiger partial charge is 0.414 e. The number of rotatable bonds is 4. The minimum absolute atomic E-state index is 0.379. The number of hydrogen-bond acceptors (Lipinski definition) is 6. The highest BCUT2D eigenvalue weighted by molar-refractivity contribution is 7.89. The zero-order valence-electron chi connectivity index (χ0n) is 15.9. The number of carboxylic acid groups (broad SMARTS) is 2. The molecule has 29 heavy (non-hydrogen) atoms. The molecule has 1 saturated heterocycles. The summed E-state index contributed by atoms with van der Waals surface area (Å²) in [7, 11) is -3.38. The van der Waals surface area contributed by atoms with Crippen molar-refractivity contribution in [2.75, 3.05) is 26.2 Å². The van der Waals surface area contributed by atoms with Gasteiger partial charge in [0.1, 0.15) is 0 Å². The van der Waals surface area contributed by atoms with Gasteiger partial charge < -0.3 is 10.2 Å². The van der Waals surface area contributed by atoms with Crippen LogP contribution >= 0.6 is 0 Å². The van der Waals surface area contributed by atoms with Crippen molar-refractivity contribution in [2.24, 2.45) is 0 Å². The third kappa shape index (κ3) is 6.63. The van der Waals surface area contributed by atoms with Crippen LogP contribution in [0.4, 0.5) is 0 Å². The number of aromatic nitrogens is 1. The van der Waals surface area contributed by atoms with Crippen LogP contribution in [0, 0.1) is 6.92 Å². The molecule has 0 atom stereocenters. The van der Waals surface area contributed by atoms with Crippen LogP contribution in [0.3, 0.4) is 0 Å². The van der Waals surface area contributed by atoms with E-state index in [2.05, 4.69) is 9.88 Å². The molecule has 10 heteroatoms. The van der Waals surface area contributed by atoms with E-state index in [9.17, 15) is 8.42 Å². The van der Waals surface area contributed by atoms with Gasteiger partial charge in [0.25, 0.3) is 0 Å². The van der Waals surface area contributed by atoms with Gasteiger partial charge in [0.2, 0.25) is 10.0 Å². The van der Waals surface area contributed by atoms with E-state index in [1.807, 2.05) is 37.4 Å². The van der Waals surface area contributed by atoms with Crippen LogP contribution in [-0.4, -0.2) is 70.9 Å². The minimum Gasteiger partial charge on any atom is -0.473 e. The van der Waals surface area contributed by atoms with Crippen LogP contribution in [0.5, 0.6) is 0 Å². The summed E-state index contributed by atoms with van der Waals surface area (Å²) < 4.78 is 26.9. The molecule has 2 heterocycles. The Kier molecular flexibility index (Phi) is 7.82. The SMILES string of the molecule is Cc1ccc(S(=O)(=O)N2CCN(Cc3cccnc3)CC2)cc1.O=C(O)C(=O)O. The standard InChI is InChI=1S/C17H21N3O2S.C2H2O4/c1-15-4-6-17(7-5-15)23(21,22)20-11-9-19(10-12-20)14-16-3-2-8-18-13-16;3-1(4)2(5)6/h2-8,13H,9-12,14H2,1H3;(H,3,4)(H,5,6). The number of nitrogens with zero attached hydrogens (tertiary/aromatic N) is 3. The van der Waals surface area contributed by atoms with Gasteiger partial charge in [-0.25, -0.2) is 18.0 Å². The molecule has 2 N–H and O–H groups in total. The minimum atomic E-state index is -3.38. The Morgan fingerprint density at radius 3 is 2.07 bits per heavy atom. The van der Waals surface area contributed by atoms with E-state index < -0.39 is 22.0 Å². The lowest BCUT2D eigenvalue weighted by molar-refractivity contribution is -0.159. The van der Waals surface area contributed by atoms with Crippen molar-refractivity contribution in [3.8, 4) is 0 Å². The van der Waals surface area contributed by atoms with Crippen LogP contribution in [0.2, 0.25) is 0 Å². The van der Waals surface area contributed by atoms with E-state index >= 15 is 0 Å². The average Bonchev–Trinajstić information content (AvgIpc) is 2.70. The number of aliphatic carboxylic acids is 2. The summed E-state index contributed by atoms with van der Waals surface area (Å²) in [6.07, 6.45) is 3.62. The van der Waals surface area contributed by atoms with Crippen LogP contribution in [0.15, 0.2) is 53.7 Å². The molecule has 1 aliphatic rings. The molecule has 3 rings (SSSR count). The number of benzene rings is 1. The van der Waals surface area contributed by atoms with E-state index in [0.717, 1.165) is 30.8 Å². The van der Waals surface area contributed by atoms with Crippen LogP contribution in [0.1, 0.15) is 11.1 Å². The Morgan fingerprint density at radius 1 is 1.00 bits per heavy atom. The topological polar surface area (TPSA) is 128 Å². The Labute approximate surface area is 169 Å². The van der Waals surface area contributed by atoms with Gasteiger partial charge in [-0.3, -0.25) is 9.88 Å². The van der Waals surface area contributed by atoms with Gasteiger partial charge in [-0.1, -0.05) is 23.8 Å². The maximum absolute atomic E-state index is 12.7. The summed E-state index contributed by atoms with van der Waals surface area (Å²) in [5, 5.41) is 14.8. The molecular formula is C19H23N3O6S. The largest absolute Gasteiger partial charge is 0.473 e. The van der Waals surface area contributed by atoms with E-state index in [-0.39, 0.29) is 0 Å². The average molecular weight is 421 g/mol. The number of piperazine rings is 1. The second kappa shape index (κ2) is 10.1. The summed E-state index contributed by atoms with van der Waals surface area (Å²) in [6, 6.07) is 11.0. The Bertz CT molecular complexity index is 912. The lowest BCUT2D eigenvalue weighted by atomic mass is 10.2. The first-order chi connectivity index (χ1) is 13.7. The van der Waals surface area contributed by atoms with Crippen molar-refractivity contribution >= 4 is 22.0 Å². The number of carboxylic acids is 2. The number of hydrogen-bond donors (Lipinski definition) is 2. The molecule has 0 aliphatic carbocycles. The zero-order chi connectivity index (χ0) is 21.4. The van der Waals surface area contributed by atoms with Gasteiger partial charge in [0.05, 0.1) is 4.90 Å². The number of sulfonamides is 1. The molecule has 0 saturated carbocycles. The summed E-state index contributed by atoms with van der Waals surface area (Å²) >= 11 is 0. The first-order valence-corrected chi connectivity index (χ1v) is 10.3. The van der Waals surface area contributed by atoms with E-state index in [1.165, 1.54) is 0 Å². The van der Waals surface area contributed by atoms with Crippen LogP contribution in [0.25, 0.3) is 0 Å². The van der Waals surface area contributed by atoms with Gasteiger partial charge in [-0.15, -0.1) is 0 Å². The van der Waals surface area contributed by atoms with E-state index in [4.69, 9.17) is 19.8 Å². The van der Waals surface area contributed by atoms with Crippen LogP contribution in [-0.2, 0) is 26.2 Å². The molecule has 0 radical (unpaired) electrons. The Balaban J connectivity index is 0.000000438. The van der Waals surface area contributed by atoms with Crippen molar-refractivity contribution in [2.45, 2.75) is 18.4 Å². The number of pyridine rings is 1. The first-order valence-electron chi connectivity index (χ1n) is 8.84. The van der Waals surface area contributed by atoms with Crippen molar-refractivity contribution < 1.29 is 28.2 Å². The van der Waals surface area contributed by atoms with Gasteiger partial charge in [-0.2, -0.15) is 4.31 Å². The highest BCUT2D eigenvalue weighted by Gasteiger charge is 2.28. The first kappa shape index (κ1) is 22.5. The maximum Gasteiger partial charge on any atom is 0.414 e. The number of carbonyl (C=O) groups is 2. The van der Waals surface area contributed by atoms with Crippen molar-refractivity contribution in [1.82, 2.24) is 14.2 Å². The molecule has 0 bridgehead atoms. The fourth-order valence-electron chi connectivity index (χ4n) is 2.74. The molecule has 1 fully saturated rings. The van der Waals surface area contributed by atoms with Crippen molar-refractivity contribution in [3.05, 3.63) is 59.9 Å². The van der Waals surface area contributed by atoms with Gasteiger partial charge in [0.15, 0.2) is 0 Å². The maximum atomic E-state index is 12.7. The van der Waals surface area contributed by atoms with Gasteiger partial charge in [0, 0.05) is 45.1 Å². The van der Waals surface area contributed by atoms with Gasteiger partial charge >= 0.3 is 11.9 Å². The second-order valence-electron chi connectivity index (χ2n) is 6.46. The highest BCUT2D eigenvalue weighted by atomic mass is 32.2. The molecule has 0 unspecified atom stereocenters. The molecular weight excluding hydrogens is 398 g/mol. The quantitative estimate of drug-likeness (QED) is 0.701. The third-order valence-corrected chi connectivity index (χ3v) is 6.21. The molecule has 156 valence electrons. The fraction of sp³-hybridized carbons (Fsp3) is 0.316. The summed E-state index contributed by atoms with van der Waals surface area (Å²) in [4.78, 5) is 25.0. The fourth-order valence-corrected chi connectivity index (χ4v) is 4.16. The Morgan fingerprint density at radius 2 is 1.59 bits per heavy atom. The molecule has 1 aromatic carbocycles. The van der Waals surface area contributed by atoms with Crippen molar-refractivity contribution in [3.63, 3.8) is 0 Å². The third-order valence-electron chi connectivity index (χ3n) is 4.30. The lowest BCUT2D eigenvalue weighted by Gasteiger charge is -2.33. The van der Waals surface area contributed by atoms with Crippen LogP contribution < -0.4 is 0 Å². The normalized spacial score (nSPS) is 15.2. The molecule has 2 aromatic rings. The van der Waals surface area contributed by atoms with Gasteiger partial charge in [-0.05, 0) is 30.7 Å². The monoisotopic (exact) mass is 421 g/mol. The van der Waals surface area contributed by atoms with E-state index in [0.29, 0.717) is 18.0 Å². The Hall–Kier alpha value is -2.82. The predicted octanol–water partition coefficient (Wildman–Crippen LogP) is 1.05. The highest BCUT2D eigenvalue weighted by Crippen LogP contribution is 2.18. The van der Waals surface area contributed by atoms with E-state index in [1.54, 1.807) is 22.6 Å². The molecule has 0 spiro atoms. The van der Waals surface area contributed by atoms with Crippen molar-refractivity contribution in [1.29, 1.82) is 0 Å². The summed E-state index contributed by atoms with van der Waals surface area (Å²) in [6.45, 7) is 5.28. The molecule has 0 amide bonds. The zero-order valence-corrected chi connectivity index (χ0v) is 16.7. The lowest BCUT2D eigenvalue weighted by Crippen LogP contribution is -2.48. The molecule has 1 aliphatic heterocycles. The second-order valence-corrected chi connectivity index (χ2v) is 8.40. The molecule has 1 aromatic heterocycles. The molecule has 9 nitrogen and oxygen atoms in total. The summed E-state index contributed by atoms with van der Waals surface area (Å²) in [5.74, 6) is -3.65. The summed E-state index contributed by atoms with van der Waals surface area (Å²) in [5.41, 5.74) is 2.22. The number of aryl methyl sites for hydroxylation is 1.